The van der Waals surface area contributed by atoms with Crippen LogP contribution in [0, 0.1) is 0 Å². The summed E-state index contributed by atoms with van der Waals surface area (Å²) in [5.74, 6) is -0.459. The lowest BCUT2D eigenvalue weighted by Crippen LogP contribution is -2.19. The molecule has 3 rings (SSSR count). The zero-order valence-electron chi connectivity index (χ0n) is 12.3. The van der Waals surface area contributed by atoms with Crippen LogP contribution in [-0.2, 0) is 4.74 Å². The summed E-state index contributed by atoms with van der Waals surface area (Å²) in [6.07, 6.45) is 1.59. The number of amides is 2. The molecule has 0 aliphatic rings. The van der Waals surface area contributed by atoms with Gasteiger partial charge in [0, 0.05) is 11.4 Å². The highest BCUT2D eigenvalue weighted by molar-refractivity contribution is 6.01. The van der Waals surface area contributed by atoms with E-state index in [1.165, 1.54) is 7.11 Å². The van der Waals surface area contributed by atoms with Gasteiger partial charge in [0.05, 0.1) is 30.0 Å². The molecule has 23 heavy (non-hydrogen) atoms. The minimum atomic E-state index is -0.459. The highest BCUT2D eigenvalue weighted by atomic mass is 16.5. The lowest BCUT2D eigenvalue weighted by atomic mass is 10.2. The van der Waals surface area contributed by atoms with Gasteiger partial charge in [0.2, 0.25) is 0 Å². The van der Waals surface area contributed by atoms with Gasteiger partial charge >= 0.3 is 12.0 Å². The maximum Gasteiger partial charge on any atom is 0.337 e. The number of esters is 1. The molecule has 116 valence electrons. The quantitative estimate of drug-likeness (QED) is 0.648. The standard InChI is InChI=1S/C16H14N4O3/c1-23-15(21)10-3-2-4-11(7-10)19-16(22)20-12-5-6-13-14(8-12)18-9-17-13/h2-9H,1H3,(H,17,18)(H2,19,20,22). The summed E-state index contributed by atoms with van der Waals surface area (Å²) in [7, 11) is 1.31. The van der Waals surface area contributed by atoms with E-state index in [2.05, 4.69) is 25.3 Å². The Hall–Kier alpha value is -3.35. The average Bonchev–Trinajstić information content (AvgIpc) is 3.02. The largest absolute Gasteiger partial charge is 0.465 e. The molecule has 3 N–H and O–H groups in total. The molecular formula is C16H14N4O3. The van der Waals surface area contributed by atoms with Crippen molar-refractivity contribution in [2.75, 3.05) is 17.7 Å². The number of fused-ring (bicyclic) bond motifs is 1. The summed E-state index contributed by atoms with van der Waals surface area (Å²) in [6, 6.07) is 11.4. The van der Waals surface area contributed by atoms with E-state index in [9.17, 15) is 9.59 Å². The molecule has 1 heterocycles. The summed E-state index contributed by atoms with van der Waals surface area (Å²) in [5.41, 5.74) is 3.14. The van der Waals surface area contributed by atoms with E-state index in [4.69, 9.17) is 0 Å². The number of ether oxygens (including phenoxy) is 1. The number of urea groups is 1. The number of carbonyl (C=O) groups is 2. The Morgan fingerprint density at radius 1 is 1.09 bits per heavy atom. The highest BCUT2D eigenvalue weighted by Crippen LogP contribution is 2.16. The number of methoxy groups -OCH3 is 1. The van der Waals surface area contributed by atoms with Crippen molar-refractivity contribution in [3.05, 3.63) is 54.4 Å². The van der Waals surface area contributed by atoms with Gasteiger partial charge < -0.3 is 20.4 Å². The number of benzene rings is 2. The summed E-state index contributed by atoms with van der Waals surface area (Å²) in [6.45, 7) is 0. The van der Waals surface area contributed by atoms with Crippen molar-refractivity contribution in [3.63, 3.8) is 0 Å². The van der Waals surface area contributed by atoms with Gasteiger partial charge in [-0.3, -0.25) is 0 Å². The van der Waals surface area contributed by atoms with Crippen LogP contribution in [0.2, 0.25) is 0 Å². The van der Waals surface area contributed by atoms with Crippen molar-refractivity contribution in [1.82, 2.24) is 9.97 Å². The van der Waals surface area contributed by atoms with Gasteiger partial charge in [0.15, 0.2) is 0 Å². The van der Waals surface area contributed by atoms with Gasteiger partial charge in [-0.05, 0) is 36.4 Å². The van der Waals surface area contributed by atoms with Crippen molar-refractivity contribution < 1.29 is 14.3 Å². The number of nitrogens with zero attached hydrogens (tertiary/aromatic N) is 1. The Balaban J connectivity index is 1.70. The molecule has 7 nitrogen and oxygen atoms in total. The number of imidazole rings is 1. The molecule has 3 aromatic rings. The third-order valence-corrected chi connectivity index (χ3v) is 3.22. The van der Waals surface area contributed by atoms with Crippen molar-refractivity contribution in [3.8, 4) is 0 Å². The molecule has 0 spiro atoms. The molecule has 0 atom stereocenters. The first-order valence-corrected chi connectivity index (χ1v) is 6.85. The fraction of sp³-hybridized carbons (Fsp3) is 0.0625. The summed E-state index contributed by atoms with van der Waals surface area (Å²) >= 11 is 0. The highest BCUT2D eigenvalue weighted by Gasteiger charge is 2.08. The Morgan fingerprint density at radius 2 is 1.87 bits per heavy atom. The molecule has 0 saturated carbocycles. The molecule has 0 bridgehead atoms. The first-order valence-electron chi connectivity index (χ1n) is 6.85. The number of anilines is 2. The molecule has 2 aromatic carbocycles. The van der Waals surface area contributed by atoms with Crippen LogP contribution in [0.1, 0.15) is 10.4 Å². The third kappa shape index (κ3) is 3.29. The minimum Gasteiger partial charge on any atom is -0.465 e. The Labute approximate surface area is 131 Å². The van der Waals surface area contributed by atoms with Gasteiger partial charge in [0.25, 0.3) is 0 Å². The lowest BCUT2D eigenvalue weighted by Gasteiger charge is -2.08. The van der Waals surface area contributed by atoms with Gasteiger partial charge in [0.1, 0.15) is 0 Å². The fourth-order valence-electron chi connectivity index (χ4n) is 2.15. The zero-order valence-corrected chi connectivity index (χ0v) is 12.3. The van der Waals surface area contributed by atoms with Crippen LogP contribution in [0.25, 0.3) is 11.0 Å². The van der Waals surface area contributed by atoms with E-state index in [1.807, 2.05) is 0 Å². The molecule has 0 aliphatic carbocycles. The van der Waals surface area contributed by atoms with Crippen LogP contribution in [0.4, 0.5) is 16.2 Å². The van der Waals surface area contributed by atoms with E-state index in [-0.39, 0.29) is 0 Å². The first kappa shape index (κ1) is 14.6. The molecule has 0 unspecified atom stereocenters. The maximum absolute atomic E-state index is 12.0. The zero-order chi connectivity index (χ0) is 16.2. The number of aromatic amines is 1. The predicted molar refractivity (Wildman–Crippen MR) is 86.5 cm³/mol. The van der Waals surface area contributed by atoms with Gasteiger partial charge in [-0.2, -0.15) is 0 Å². The number of rotatable bonds is 3. The molecule has 2 amide bonds. The van der Waals surface area contributed by atoms with E-state index in [1.54, 1.807) is 48.8 Å². The lowest BCUT2D eigenvalue weighted by molar-refractivity contribution is 0.0600. The van der Waals surface area contributed by atoms with E-state index in [0.717, 1.165) is 11.0 Å². The predicted octanol–water partition coefficient (Wildman–Crippen LogP) is 2.99. The van der Waals surface area contributed by atoms with Crippen molar-refractivity contribution in [2.45, 2.75) is 0 Å². The van der Waals surface area contributed by atoms with Crippen LogP contribution in [0.5, 0.6) is 0 Å². The molecule has 1 aromatic heterocycles. The molecule has 0 aliphatic heterocycles. The van der Waals surface area contributed by atoms with Crippen molar-refractivity contribution in [1.29, 1.82) is 0 Å². The average molecular weight is 310 g/mol. The Kier molecular flexibility index (Phi) is 3.92. The summed E-state index contributed by atoms with van der Waals surface area (Å²) in [4.78, 5) is 30.6. The topological polar surface area (TPSA) is 96.1 Å². The minimum absolute atomic E-state index is 0.365. The maximum atomic E-state index is 12.0. The fourth-order valence-corrected chi connectivity index (χ4v) is 2.15. The van der Waals surface area contributed by atoms with Crippen LogP contribution in [-0.4, -0.2) is 29.1 Å². The van der Waals surface area contributed by atoms with Crippen molar-refractivity contribution in [2.24, 2.45) is 0 Å². The summed E-state index contributed by atoms with van der Waals surface area (Å²) < 4.78 is 4.65. The summed E-state index contributed by atoms with van der Waals surface area (Å²) in [5, 5.41) is 5.39. The molecular weight excluding hydrogens is 296 g/mol. The Morgan fingerprint density at radius 3 is 2.65 bits per heavy atom. The first-order chi connectivity index (χ1) is 11.2. The molecule has 0 saturated heterocycles. The third-order valence-electron chi connectivity index (χ3n) is 3.22. The van der Waals surface area contributed by atoms with Crippen molar-refractivity contribution >= 4 is 34.4 Å². The van der Waals surface area contributed by atoms with Gasteiger partial charge in [-0.25, -0.2) is 14.6 Å². The molecule has 0 fully saturated rings. The smallest absolute Gasteiger partial charge is 0.337 e. The second-order valence-electron chi connectivity index (χ2n) is 4.79. The van der Waals surface area contributed by atoms with Gasteiger partial charge in [-0.15, -0.1) is 0 Å². The second-order valence-corrected chi connectivity index (χ2v) is 4.79. The number of H-pyrrole nitrogens is 1. The van der Waals surface area contributed by atoms with Crippen LogP contribution in [0.3, 0.4) is 0 Å². The van der Waals surface area contributed by atoms with Crippen LogP contribution in [0.15, 0.2) is 48.8 Å². The number of nitrogens with one attached hydrogen (secondary N) is 3. The van der Waals surface area contributed by atoms with E-state index < -0.39 is 12.0 Å². The SMILES string of the molecule is COC(=O)c1cccc(NC(=O)Nc2ccc3nc[nH]c3c2)c1. The van der Waals surface area contributed by atoms with Crippen LogP contribution < -0.4 is 10.6 Å². The number of hydrogen-bond acceptors (Lipinski definition) is 4. The second kappa shape index (κ2) is 6.18. The van der Waals surface area contributed by atoms with Gasteiger partial charge in [-0.1, -0.05) is 6.07 Å². The Bertz CT molecular complexity index is 872. The number of hydrogen-bond donors (Lipinski definition) is 3. The molecule has 0 radical (unpaired) electrons. The molecule has 7 heteroatoms. The van der Waals surface area contributed by atoms with E-state index >= 15 is 0 Å². The normalized spacial score (nSPS) is 10.3. The number of aromatic nitrogens is 2. The monoisotopic (exact) mass is 310 g/mol. The van der Waals surface area contributed by atoms with E-state index in [0.29, 0.717) is 16.9 Å². The van der Waals surface area contributed by atoms with Crippen LogP contribution >= 0.6 is 0 Å². The number of carbonyl (C=O) groups excluding carboxylic acids is 2.